The molecule has 0 saturated carbocycles. The fraction of sp³-hybridized carbons (Fsp3) is 0.195. The Kier molecular flexibility index (Phi) is 12.0. The van der Waals surface area contributed by atoms with E-state index < -0.39 is 29.6 Å². The van der Waals surface area contributed by atoms with E-state index in [0.29, 0.717) is 35.2 Å². The van der Waals surface area contributed by atoms with Crippen LogP contribution in [0, 0.1) is 6.92 Å². The number of aromatic nitrogens is 1. The van der Waals surface area contributed by atoms with Crippen molar-refractivity contribution in [2.75, 3.05) is 19.4 Å². The molecule has 0 aliphatic carbocycles. The van der Waals surface area contributed by atoms with Crippen molar-refractivity contribution < 1.29 is 41.8 Å². The van der Waals surface area contributed by atoms with Crippen LogP contribution in [0.3, 0.4) is 0 Å². The van der Waals surface area contributed by atoms with Crippen LogP contribution in [-0.4, -0.2) is 47.7 Å². The molecule has 12 heteroatoms. The van der Waals surface area contributed by atoms with Gasteiger partial charge in [0.2, 0.25) is 0 Å². The van der Waals surface area contributed by atoms with Gasteiger partial charge in [-0.05, 0) is 103 Å². The lowest BCUT2D eigenvalue weighted by Gasteiger charge is -2.17. The van der Waals surface area contributed by atoms with Gasteiger partial charge in [-0.3, -0.25) is 19.4 Å². The number of carbonyl (C=O) groups excluding carboxylic acids is 4. The van der Waals surface area contributed by atoms with Crippen molar-refractivity contribution in [1.82, 2.24) is 9.88 Å². The lowest BCUT2D eigenvalue weighted by molar-refractivity contribution is -0.137. The minimum atomic E-state index is -4.49. The molecule has 1 aromatic heterocycles. The summed E-state index contributed by atoms with van der Waals surface area (Å²) in [5.41, 5.74) is 3.22. The zero-order valence-electron chi connectivity index (χ0n) is 29.2. The maximum Gasteiger partial charge on any atom is 0.416 e. The van der Waals surface area contributed by atoms with Crippen molar-refractivity contribution in [3.05, 3.63) is 148 Å². The molecule has 2 amide bonds. The summed E-state index contributed by atoms with van der Waals surface area (Å²) in [6.45, 7) is 1.88. The quantitative estimate of drug-likeness (QED) is 0.102. The second-order valence-corrected chi connectivity index (χ2v) is 12.4. The molecule has 0 unspecified atom stereocenters. The first-order chi connectivity index (χ1) is 25.3. The monoisotopic (exact) mass is 723 g/mol. The molecule has 1 N–H and O–H groups in total. The summed E-state index contributed by atoms with van der Waals surface area (Å²) in [6.07, 6.45) is -3.59. The van der Waals surface area contributed by atoms with Gasteiger partial charge in [-0.25, -0.2) is 4.79 Å². The van der Waals surface area contributed by atoms with Gasteiger partial charge in [0, 0.05) is 31.8 Å². The van der Waals surface area contributed by atoms with E-state index in [1.54, 1.807) is 62.6 Å². The van der Waals surface area contributed by atoms with Crippen LogP contribution in [0.15, 0.2) is 109 Å². The van der Waals surface area contributed by atoms with Crippen LogP contribution in [0.5, 0.6) is 5.75 Å². The Morgan fingerprint density at radius 3 is 2.21 bits per heavy atom. The van der Waals surface area contributed by atoms with Crippen LogP contribution >= 0.6 is 0 Å². The standard InChI is InChI=1S/C41H36F3N3O6/c1-26-8-6-10-31(45-26)25-52-40(51)29-17-21-32(22-18-29)53-37(48)13-7-9-27-14-23-36(35(24-27)39(50)47(2)3)46-38(49)34-12-5-4-11-33(34)28-15-19-30(20-16-28)41(42,43)44/h4-6,8,10-12,14-24H,7,9,13,25H2,1-3H3,(H,46,49). The molecule has 53 heavy (non-hydrogen) atoms. The fourth-order valence-corrected chi connectivity index (χ4v) is 5.42. The first-order valence-electron chi connectivity index (χ1n) is 16.6. The van der Waals surface area contributed by atoms with Crippen molar-refractivity contribution in [2.24, 2.45) is 0 Å². The third-order valence-electron chi connectivity index (χ3n) is 8.13. The Hall–Kier alpha value is -6.30. The number of carbonyl (C=O) groups is 4. The molecular formula is C41H36F3N3O6. The Bertz CT molecular complexity index is 2110. The Labute approximate surface area is 304 Å². The summed E-state index contributed by atoms with van der Waals surface area (Å²) in [4.78, 5) is 57.4. The van der Waals surface area contributed by atoms with Gasteiger partial charge in [0.1, 0.15) is 12.4 Å². The van der Waals surface area contributed by atoms with Crippen LogP contribution in [-0.2, 0) is 28.7 Å². The van der Waals surface area contributed by atoms with Gasteiger partial charge in [0.05, 0.1) is 28.1 Å². The summed E-state index contributed by atoms with van der Waals surface area (Å²) < 4.78 is 50.1. The van der Waals surface area contributed by atoms with E-state index in [4.69, 9.17) is 9.47 Å². The highest BCUT2D eigenvalue weighted by Gasteiger charge is 2.30. The topological polar surface area (TPSA) is 115 Å². The second kappa shape index (κ2) is 16.8. The molecule has 272 valence electrons. The van der Waals surface area contributed by atoms with Crippen molar-refractivity contribution in [3.8, 4) is 16.9 Å². The number of ether oxygens (including phenoxy) is 2. The summed E-state index contributed by atoms with van der Waals surface area (Å²) in [6, 6.07) is 27.5. The molecule has 5 aromatic rings. The van der Waals surface area contributed by atoms with Gasteiger partial charge >= 0.3 is 18.1 Å². The molecule has 0 aliphatic heterocycles. The average Bonchev–Trinajstić information content (AvgIpc) is 3.14. The second-order valence-electron chi connectivity index (χ2n) is 12.4. The summed E-state index contributed by atoms with van der Waals surface area (Å²) in [5.74, 6) is -1.66. The molecule has 0 spiro atoms. The summed E-state index contributed by atoms with van der Waals surface area (Å²) >= 11 is 0. The number of hydrogen-bond acceptors (Lipinski definition) is 7. The van der Waals surface area contributed by atoms with Gasteiger partial charge in [-0.1, -0.05) is 42.5 Å². The lowest BCUT2D eigenvalue weighted by Crippen LogP contribution is -2.24. The van der Waals surface area contributed by atoms with Crippen LogP contribution in [0.2, 0.25) is 0 Å². The number of nitrogens with one attached hydrogen (secondary N) is 1. The van der Waals surface area contributed by atoms with E-state index in [9.17, 15) is 32.3 Å². The Morgan fingerprint density at radius 1 is 0.811 bits per heavy atom. The van der Waals surface area contributed by atoms with Gasteiger partial charge in [-0.2, -0.15) is 13.2 Å². The van der Waals surface area contributed by atoms with Gasteiger partial charge in [-0.15, -0.1) is 0 Å². The maximum absolute atomic E-state index is 13.5. The molecular weight excluding hydrogens is 687 g/mol. The maximum atomic E-state index is 13.5. The number of amides is 2. The number of esters is 2. The highest BCUT2D eigenvalue weighted by molar-refractivity contribution is 6.11. The van der Waals surface area contributed by atoms with Crippen LogP contribution < -0.4 is 10.1 Å². The van der Waals surface area contributed by atoms with Crippen molar-refractivity contribution >= 4 is 29.4 Å². The average molecular weight is 724 g/mol. The first kappa shape index (κ1) is 37.9. The highest BCUT2D eigenvalue weighted by Crippen LogP contribution is 2.32. The van der Waals surface area contributed by atoms with Crippen LogP contribution in [0.1, 0.15) is 66.4 Å². The van der Waals surface area contributed by atoms with Gasteiger partial charge in [0.15, 0.2) is 0 Å². The number of aryl methyl sites for hydroxylation is 2. The number of nitrogens with zero attached hydrogens (tertiary/aromatic N) is 2. The SMILES string of the molecule is Cc1cccc(COC(=O)c2ccc(OC(=O)CCCc3ccc(NC(=O)c4ccccc4-c4ccc(C(F)(F)F)cc4)c(C(=O)N(C)C)c3)cc2)n1. The van der Waals surface area contributed by atoms with Crippen molar-refractivity contribution in [3.63, 3.8) is 0 Å². The zero-order valence-corrected chi connectivity index (χ0v) is 29.2. The minimum absolute atomic E-state index is 0.0304. The summed E-state index contributed by atoms with van der Waals surface area (Å²) in [5, 5.41) is 2.79. The molecule has 4 aromatic carbocycles. The molecule has 0 aliphatic rings. The number of benzene rings is 4. The molecule has 0 atom stereocenters. The van der Waals surface area contributed by atoms with E-state index in [2.05, 4.69) is 10.3 Å². The van der Waals surface area contributed by atoms with Crippen molar-refractivity contribution in [1.29, 1.82) is 0 Å². The lowest BCUT2D eigenvalue weighted by atomic mass is 9.97. The van der Waals surface area contributed by atoms with Crippen LogP contribution in [0.4, 0.5) is 18.9 Å². The Balaban J connectivity index is 1.19. The normalized spacial score (nSPS) is 11.1. The number of pyridine rings is 1. The van der Waals surface area contributed by atoms with E-state index in [0.717, 1.165) is 23.4 Å². The third-order valence-corrected chi connectivity index (χ3v) is 8.13. The number of alkyl halides is 3. The fourth-order valence-electron chi connectivity index (χ4n) is 5.42. The molecule has 0 fully saturated rings. The van der Waals surface area contributed by atoms with E-state index in [1.165, 1.54) is 41.3 Å². The zero-order chi connectivity index (χ0) is 38.1. The molecule has 9 nitrogen and oxygen atoms in total. The van der Waals surface area contributed by atoms with Gasteiger partial charge < -0.3 is 19.7 Å². The Morgan fingerprint density at radius 2 is 1.53 bits per heavy atom. The molecule has 0 saturated heterocycles. The predicted molar refractivity (Wildman–Crippen MR) is 192 cm³/mol. The molecule has 1 heterocycles. The number of hydrogen-bond donors (Lipinski definition) is 1. The number of anilines is 1. The van der Waals surface area contributed by atoms with Gasteiger partial charge in [0.25, 0.3) is 11.8 Å². The third kappa shape index (κ3) is 10.2. The molecule has 0 bridgehead atoms. The summed E-state index contributed by atoms with van der Waals surface area (Å²) in [7, 11) is 3.16. The molecule has 5 rings (SSSR count). The largest absolute Gasteiger partial charge is 0.456 e. The predicted octanol–water partition coefficient (Wildman–Crippen LogP) is 8.32. The smallest absolute Gasteiger partial charge is 0.416 e. The van der Waals surface area contributed by atoms with E-state index in [1.807, 2.05) is 19.1 Å². The van der Waals surface area contributed by atoms with Crippen molar-refractivity contribution in [2.45, 2.75) is 39.0 Å². The van der Waals surface area contributed by atoms with Crippen LogP contribution in [0.25, 0.3) is 11.1 Å². The number of halogens is 3. The van der Waals surface area contributed by atoms with E-state index in [-0.39, 0.29) is 41.5 Å². The highest BCUT2D eigenvalue weighted by atomic mass is 19.4. The molecule has 0 radical (unpaired) electrons. The first-order valence-corrected chi connectivity index (χ1v) is 16.6. The van der Waals surface area contributed by atoms with E-state index >= 15 is 0 Å². The minimum Gasteiger partial charge on any atom is -0.456 e. The number of rotatable bonds is 12.